The van der Waals surface area contributed by atoms with Crippen molar-refractivity contribution in [3.8, 4) is 17.1 Å². The molecule has 172 valence electrons. The van der Waals surface area contributed by atoms with E-state index in [4.69, 9.17) is 15.2 Å². The molecule has 0 bridgehead atoms. The number of carbonyl (C=O) groups excluding carboxylic acids is 2. The second kappa shape index (κ2) is 9.93. The van der Waals surface area contributed by atoms with Gasteiger partial charge in [0.05, 0.1) is 30.5 Å². The van der Waals surface area contributed by atoms with E-state index < -0.39 is 23.6 Å². The Hall–Kier alpha value is -3.56. The maximum Gasteiger partial charge on any atom is 0.280 e. The number of carbonyl (C=O) groups is 2. The van der Waals surface area contributed by atoms with Crippen LogP contribution in [0.1, 0.15) is 36.5 Å². The van der Waals surface area contributed by atoms with E-state index >= 15 is 0 Å². The van der Waals surface area contributed by atoms with Crippen LogP contribution >= 0.6 is 0 Å². The SMILES string of the molecule is CCCCC(NC(=O)c1cccnc1-n1ccc(-c2ccccc2)n1)C1(C(N)=O)OCCO1. The molecule has 1 saturated heterocycles. The van der Waals surface area contributed by atoms with Crippen LogP contribution in [0.5, 0.6) is 0 Å². The summed E-state index contributed by atoms with van der Waals surface area (Å²) in [5.74, 6) is -2.49. The fourth-order valence-corrected chi connectivity index (χ4v) is 3.91. The van der Waals surface area contributed by atoms with Crippen LogP contribution in [0.2, 0.25) is 0 Å². The second-order valence-electron chi connectivity index (χ2n) is 7.78. The predicted molar refractivity (Wildman–Crippen MR) is 121 cm³/mol. The smallest absolute Gasteiger partial charge is 0.280 e. The molecule has 0 saturated carbocycles. The highest BCUT2D eigenvalue weighted by Crippen LogP contribution is 2.27. The first-order valence-electron chi connectivity index (χ1n) is 11.0. The fourth-order valence-electron chi connectivity index (χ4n) is 3.91. The first-order chi connectivity index (χ1) is 16.0. The van der Waals surface area contributed by atoms with Gasteiger partial charge in [0, 0.05) is 18.0 Å². The Morgan fingerprint density at radius 1 is 1.15 bits per heavy atom. The lowest BCUT2D eigenvalue weighted by Crippen LogP contribution is -2.60. The molecule has 3 N–H and O–H groups in total. The quantitative estimate of drug-likeness (QED) is 0.518. The highest BCUT2D eigenvalue weighted by atomic mass is 16.7. The maximum absolute atomic E-state index is 13.4. The number of amides is 2. The molecule has 1 aliphatic heterocycles. The van der Waals surface area contributed by atoms with Crippen LogP contribution in [0.25, 0.3) is 17.1 Å². The number of nitrogens with zero attached hydrogens (tertiary/aromatic N) is 3. The van der Waals surface area contributed by atoms with Gasteiger partial charge in [0.25, 0.3) is 17.6 Å². The van der Waals surface area contributed by atoms with Crippen LogP contribution in [0.3, 0.4) is 0 Å². The van der Waals surface area contributed by atoms with Crippen LogP contribution in [0.4, 0.5) is 0 Å². The van der Waals surface area contributed by atoms with Gasteiger partial charge in [-0.05, 0) is 24.6 Å². The lowest BCUT2D eigenvalue weighted by Gasteiger charge is -2.33. The Bertz CT molecular complexity index is 1110. The molecule has 9 nitrogen and oxygen atoms in total. The summed E-state index contributed by atoms with van der Waals surface area (Å²) in [6, 6.07) is 14.2. The number of unbranched alkanes of at least 4 members (excludes halogenated alkanes) is 1. The third-order valence-electron chi connectivity index (χ3n) is 5.58. The maximum atomic E-state index is 13.4. The van der Waals surface area contributed by atoms with Gasteiger partial charge < -0.3 is 20.5 Å². The molecular formula is C24H27N5O4. The van der Waals surface area contributed by atoms with Crippen LogP contribution in [-0.4, -0.2) is 51.6 Å². The van der Waals surface area contributed by atoms with Crippen molar-refractivity contribution in [1.82, 2.24) is 20.1 Å². The molecule has 9 heteroatoms. The summed E-state index contributed by atoms with van der Waals surface area (Å²) in [5.41, 5.74) is 7.65. The minimum atomic E-state index is -1.68. The highest BCUT2D eigenvalue weighted by molar-refractivity contribution is 5.98. The van der Waals surface area contributed by atoms with Crippen molar-refractivity contribution in [2.45, 2.75) is 38.0 Å². The standard InChI is InChI=1S/C24H27N5O4/c1-2-3-11-20(24(23(25)31)32-15-16-33-24)27-22(30)18-10-7-13-26-21(18)29-14-12-19(28-29)17-8-5-4-6-9-17/h4-10,12-14,20H,2-3,11,15-16H2,1H3,(H2,25,31)(H,27,30). The van der Waals surface area contributed by atoms with Crippen molar-refractivity contribution in [3.05, 3.63) is 66.5 Å². The summed E-state index contributed by atoms with van der Waals surface area (Å²) < 4.78 is 12.8. The summed E-state index contributed by atoms with van der Waals surface area (Å²) in [6.07, 6.45) is 5.45. The molecule has 1 aromatic carbocycles. The number of hydrogen-bond donors (Lipinski definition) is 2. The molecule has 0 spiro atoms. The second-order valence-corrected chi connectivity index (χ2v) is 7.78. The first-order valence-corrected chi connectivity index (χ1v) is 11.0. The van der Waals surface area contributed by atoms with Gasteiger partial charge in [0.2, 0.25) is 0 Å². The molecule has 2 aromatic heterocycles. The summed E-state index contributed by atoms with van der Waals surface area (Å²) in [5, 5.41) is 7.50. The van der Waals surface area contributed by atoms with Crippen molar-refractivity contribution in [1.29, 1.82) is 0 Å². The Morgan fingerprint density at radius 2 is 1.91 bits per heavy atom. The van der Waals surface area contributed by atoms with Crippen LogP contribution in [0.15, 0.2) is 60.9 Å². The number of nitrogens with one attached hydrogen (secondary N) is 1. The average molecular weight is 450 g/mol. The van der Waals surface area contributed by atoms with Crippen LogP contribution in [-0.2, 0) is 14.3 Å². The predicted octanol–water partition coefficient (Wildman–Crippen LogP) is 2.45. The van der Waals surface area contributed by atoms with Gasteiger partial charge in [0.15, 0.2) is 5.82 Å². The zero-order valence-electron chi connectivity index (χ0n) is 18.4. The van der Waals surface area contributed by atoms with Crippen molar-refractivity contribution in [3.63, 3.8) is 0 Å². The number of ether oxygens (including phenoxy) is 2. The zero-order valence-corrected chi connectivity index (χ0v) is 18.4. The van der Waals surface area contributed by atoms with Crippen molar-refractivity contribution >= 4 is 11.8 Å². The lowest BCUT2D eigenvalue weighted by atomic mass is 9.99. The van der Waals surface area contributed by atoms with E-state index in [1.54, 1.807) is 29.2 Å². The first kappa shape index (κ1) is 22.6. The molecule has 1 unspecified atom stereocenters. The number of nitrogens with two attached hydrogens (primary N) is 1. The minimum Gasteiger partial charge on any atom is -0.365 e. The summed E-state index contributed by atoms with van der Waals surface area (Å²) in [4.78, 5) is 30.0. The van der Waals surface area contributed by atoms with E-state index in [1.165, 1.54) is 0 Å². The van der Waals surface area contributed by atoms with Gasteiger partial charge in [0.1, 0.15) is 0 Å². The van der Waals surface area contributed by atoms with E-state index in [0.717, 1.165) is 24.1 Å². The molecule has 4 rings (SSSR count). The molecular weight excluding hydrogens is 422 g/mol. The van der Waals surface area contributed by atoms with Gasteiger partial charge in [-0.1, -0.05) is 50.1 Å². The minimum absolute atomic E-state index is 0.231. The van der Waals surface area contributed by atoms with Gasteiger partial charge >= 0.3 is 0 Å². The molecule has 1 atom stereocenters. The van der Waals surface area contributed by atoms with E-state index in [0.29, 0.717) is 17.8 Å². The van der Waals surface area contributed by atoms with Crippen molar-refractivity contribution < 1.29 is 19.1 Å². The molecule has 0 radical (unpaired) electrons. The normalized spacial score (nSPS) is 15.8. The lowest BCUT2D eigenvalue weighted by molar-refractivity contribution is -0.190. The molecule has 0 aliphatic carbocycles. The van der Waals surface area contributed by atoms with Crippen molar-refractivity contribution in [2.75, 3.05) is 13.2 Å². The Labute approximate surface area is 191 Å². The van der Waals surface area contributed by atoms with E-state index in [2.05, 4.69) is 15.4 Å². The summed E-state index contributed by atoms with van der Waals surface area (Å²) in [7, 11) is 0. The third-order valence-corrected chi connectivity index (χ3v) is 5.58. The number of rotatable bonds is 9. The Morgan fingerprint density at radius 3 is 2.61 bits per heavy atom. The van der Waals surface area contributed by atoms with Crippen molar-refractivity contribution in [2.24, 2.45) is 5.73 Å². The molecule has 1 aliphatic rings. The van der Waals surface area contributed by atoms with Crippen LogP contribution in [0, 0.1) is 0 Å². The fraction of sp³-hybridized carbons (Fsp3) is 0.333. The molecule has 3 aromatic rings. The van der Waals surface area contributed by atoms with Gasteiger partial charge in [-0.15, -0.1) is 0 Å². The molecule has 3 heterocycles. The average Bonchev–Trinajstić information content (AvgIpc) is 3.53. The number of pyridine rings is 1. The zero-order chi connectivity index (χ0) is 23.3. The number of benzene rings is 1. The van der Waals surface area contributed by atoms with Gasteiger partial charge in [-0.3, -0.25) is 9.59 Å². The monoisotopic (exact) mass is 449 g/mol. The van der Waals surface area contributed by atoms with E-state index in [1.807, 2.05) is 43.3 Å². The van der Waals surface area contributed by atoms with Crippen LogP contribution < -0.4 is 11.1 Å². The third kappa shape index (κ3) is 4.64. The van der Waals surface area contributed by atoms with Gasteiger partial charge in [-0.2, -0.15) is 5.10 Å². The number of primary amides is 1. The van der Waals surface area contributed by atoms with E-state index in [-0.39, 0.29) is 13.2 Å². The topological polar surface area (TPSA) is 121 Å². The summed E-state index contributed by atoms with van der Waals surface area (Å²) >= 11 is 0. The van der Waals surface area contributed by atoms with E-state index in [9.17, 15) is 9.59 Å². The number of aromatic nitrogens is 3. The molecule has 1 fully saturated rings. The Balaban J connectivity index is 1.62. The largest absolute Gasteiger partial charge is 0.365 e. The molecule has 33 heavy (non-hydrogen) atoms. The molecule has 2 amide bonds. The Kier molecular flexibility index (Phi) is 6.81. The number of hydrogen-bond acceptors (Lipinski definition) is 6. The highest BCUT2D eigenvalue weighted by Gasteiger charge is 2.50. The summed E-state index contributed by atoms with van der Waals surface area (Å²) in [6.45, 7) is 2.48. The van der Waals surface area contributed by atoms with Gasteiger partial charge in [-0.25, -0.2) is 9.67 Å².